The maximum atomic E-state index is 12.8. The minimum absolute atomic E-state index is 0.274. The van der Waals surface area contributed by atoms with Crippen LogP contribution in [0.4, 0.5) is 0 Å². The highest BCUT2D eigenvalue weighted by Gasteiger charge is 2.22. The SMILES string of the molecule is CCCCc1nn(Cc2ccccc2)c(C)c1C(=O)OCc1ccccc1. The van der Waals surface area contributed by atoms with Gasteiger partial charge in [0.1, 0.15) is 12.2 Å². The predicted molar refractivity (Wildman–Crippen MR) is 107 cm³/mol. The van der Waals surface area contributed by atoms with Crippen LogP contribution in [0.25, 0.3) is 0 Å². The van der Waals surface area contributed by atoms with Crippen LogP contribution in [0.2, 0.25) is 0 Å². The summed E-state index contributed by atoms with van der Waals surface area (Å²) in [5.41, 5.74) is 4.46. The van der Waals surface area contributed by atoms with Crippen LogP contribution in [0.5, 0.6) is 0 Å². The van der Waals surface area contributed by atoms with Crippen LogP contribution in [-0.2, 0) is 24.3 Å². The maximum absolute atomic E-state index is 12.8. The molecule has 0 fully saturated rings. The second kappa shape index (κ2) is 9.17. The van der Waals surface area contributed by atoms with E-state index in [1.807, 2.05) is 60.1 Å². The van der Waals surface area contributed by atoms with Gasteiger partial charge in [-0.2, -0.15) is 5.10 Å². The van der Waals surface area contributed by atoms with E-state index in [9.17, 15) is 4.79 Å². The Labute approximate surface area is 160 Å². The monoisotopic (exact) mass is 362 g/mol. The lowest BCUT2D eigenvalue weighted by atomic mass is 10.1. The lowest BCUT2D eigenvalue weighted by Crippen LogP contribution is -2.09. The van der Waals surface area contributed by atoms with Gasteiger partial charge in [-0.05, 0) is 30.9 Å². The highest BCUT2D eigenvalue weighted by molar-refractivity contribution is 5.92. The van der Waals surface area contributed by atoms with Gasteiger partial charge in [-0.15, -0.1) is 0 Å². The Hall–Kier alpha value is -2.88. The third-order valence-electron chi connectivity index (χ3n) is 4.64. The standard InChI is InChI=1S/C23H26N2O2/c1-3-4-15-21-22(23(26)27-17-20-13-9-6-10-14-20)18(2)25(24-21)16-19-11-7-5-8-12-19/h5-14H,3-4,15-17H2,1-2H3. The number of nitrogens with zero attached hydrogens (tertiary/aromatic N) is 2. The van der Waals surface area contributed by atoms with Crippen LogP contribution < -0.4 is 0 Å². The van der Waals surface area contributed by atoms with Crippen LogP contribution in [0.15, 0.2) is 60.7 Å². The Kier molecular flexibility index (Phi) is 6.42. The van der Waals surface area contributed by atoms with Crippen LogP contribution in [0.3, 0.4) is 0 Å². The molecule has 0 aliphatic carbocycles. The summed E-state index contributed by atoms with van der Waals surface area (Å²) in [5.74, 6) is -0.290. The molecule has 0 bridgehead atoms. The normalized spacial score (nSPS) is 10.7. The molecule has 4 nitrogen and oxygen atoms in total. The van der Waals surface area contributed by atoms with E-state index in [-0.39, 0.29) is 12.6 Å². The average Bonchev–Trinajstić information content (AvgIpc) is 3.01. The Balaban J connectivity index is 1.81. The first-order chi connectivity index (χ1) is 13.2. The predicted octanol–water partition coefficient (Wildman–Crippen LogP) is 4.94. The Morgan fingerprint density at radius 2 is 1.63 bits per heavy atom. The fourth-order valence-corrected chi connectivity index (χ4v) is 3.10. The molecule has 0 saturated carbocycles. The van der Waals surface area contributed by atoms with Crippen molar-refractivity contribution in [3.63, 3.8) is 0 Å². The molecule has 0 aliphatic heterocycles. The molecule has 0 atom stereocenters. The molecule has 1 aromatic heterocycles. The van der Waals surface area contributed by atoms with E-state index >= 15 is 0 Å². The second-order valence-electron chi connectivity index (χ2n) is 6.72. The van der Waals surface area contributed by atoms with Gasteiger partial charge in [0, 0.05) is 0 Å². The molecule has 140 valence electrons. The van der Waals surface area contributed by atoms with Gasteiger partial charge in [-0.3, -0.25) is 4.68 Å². The van der Waals surface area contributed by atoms with E-state index in [2.05, 4.69) is 19.1 Å². The fraction of sp³-hybridized carbons (Fsp3) is 0.304. The highest BCUT2D eigenvalue weighted by Crippen LogP contribution is 2.19. The van der Waals surface area contributed by atoms with Crippen molar-refractivity contribution in [1.82, 2.24) is 9.78 Å². The molecule has 0 radical (unpaired) electrons. The Bertz CT molecular complexity index is 870. The molecule has 1 heterocycles. The zero-order chi connectivity index (χ0) is 19.1. The van der Waals surface area contributed by atoms with Crippen LogP contribution in [0, 0.1) is 6.92 Å². The minimum Gasteiger partial charge on any atom is -0.457 e. The van der Waals surface area contributed by atoms with Gasteiger partial charge < -0.3 is 4.74 Å². The van der Waals surface area contributed by atoms with E-state index in [1.54, 1.807) is 0 Å². The number of carbonyl (C=O) groups is 1. The summed E-state index contributed by atoms with van der Waals surface area (Å²) in [7, 11) is 0. The molecule has 4 heteroatoms. The summed E-state index contributed by atoms with van der Waals surface area (Å²) in [6.07, 6.45) is 2.85. The van der Waals surface area contributed by atoms with Crippen molar-refractivity contribution in [2.45, 2.75) is 46.3 Å². The van der Waals surface area contributed by atoms with E-state index in [0.29, 0.717) is 12.1 Å². The molecule has 0 unspecified atom stereocenters. The second-order valence-corrected chi connectivity index (χ2v) is 6.72. The average molecular weight is 362 g/mol. The number of ether oxygens (including phenoxy) is 1. The molecule has 0 aliphatic rings. The first kappa shape index (κ1) is 18.9. The van der Waals surface area contributed by atoms with Crippen molar-refractivity contribution >= 4 is 5.97 Å². The lowest BCUT2D eigenvalue weighted by molar-refractivity contribution is 0.0470. The van der Waals surface area contributed by atoms with Crippen LogP contribution >= 0.6 is 0 Å². The van der Waals surface area contributed by atoms with E-state index in [4.69, 9.17) is 9.84 Å². The Morgan fingerprint density at radius 1 is 1.00 bits per heavy atom. The summed E-state index contributed by atoms with van der Waals surface area (Å²) in [6, 6.07) is 19.9. The third kappa shape index (κ3) is 4.85. The van der Waals surface area contributed by atoms with Crippen molar-refractivity contribution in [2.75, 3.05) is 0 Å². The van der Waals surface area contributed by atoms with Crippen molar-refractivity contribution < 1.29 is 9.53 Å². The number of unbranched alkanes of at least 4 members (excludes halogenated alkanes) is 1. The number of rotatable bonds is 8. The number of hydrogen-bond donors (Lipinski definition) is 0. The lowest BCUT2D eigenvalue weighted by Gasteiger charge is -2.07. The molecule has 3 rings (SSSR count). The number of aromatic nitrogens is 2. The number of esters is 1. The van der Waals surface area contributed by atoms with Crippen molar-refractivity contribution in [2.24, 2.45) is 0 Å². The minimum atomic E-state index is -0.290. The summed E-state index contributed by atoms with van der Waals surface area (Å²) in [4.78, 5) is 12.8. The van der Waals surface area contributed by atoms with Gasteiger partial charge in [0.05, 0.1) is 17.9 Å². The molecule has 0 spiro atoms. The van der Waals surface area contributed by atoms with Gasteiger partial charge in [0.25, 0.3) is 0 Å². The van der Waals surface area contributed by atoms with E-state index < -0.39 is 0 Å². The van der Waals surface area contributed by atoms with Gasteiger partial charge in [-0.25, -0.2) is 4.79 Å². The molecular weight excluding hydrogens is 336 g/mol. The maximum Gasteiger partial charge on any atom is 0.342 e. The largest absolute Gasteiger partial charge is 0.457 e. The summed E-state index contributed by atoms with van der Waals surface area (Å²) in [5, 5.41) is 4.73. The number of hydrogen-bond acceptors (Lipinski definition) is 3. The van der Waals surface area contributed by atoms with E-state index in [1.165, 1.54) is 0 Å². The zero-order valence-corrected chi connectivity index (χ0v) is 16.0. The van der Waals surface area contributed by atoms with Gasteiger partial charge >= 0.3 is 5.97 Å². The number of aryl methyl sites for hydroxylation is 1. The quantitative estimate of drug-likeness (QED) is 0.533. The summed E-state index contributed by atoms with van der Waals surface area (Å²) in [6.45, 7) is 5.01. The molecule has 27 heavy (non-hydrogen) atoms. The van der Waals surface area contributed by atoms with Crippen molar-refractivity contribution in [1.29, 1.82) is 0 Å². The number of carbonyl (C=O) groups excluding carboxylic acids is 1. The van der Waals surface area contributed by atoms with Crippen molar-refractivity contribution in [3.05, 3.63) is 88.7 Å². The molecule has 0 saturated heterocycles. The summed E-state index contributed by atoms with van der Waals surface area (Å²) < 4.78 is 7.50. The van der Waals surface area contributed by atoms with Gasteiger partial charge in [0.2, 0.25) is 0 Å². The fourth-order valence-electron chi connectivity index (χ4n) is 3.10. The van der Waals surface area contributed by atoms with Gasteiger partial charge in [0.15, 0.2) is 0 Å². The topological polar surface area (TPSA) is 44.1 Å². The Morgan fingerprint density at radius 3 is 2.26 bits per heavy atom. The molecule has 2 aromatic carbocycles. The number of benzene rings is 2. The third-order valence-corrected chi connectivity index (χ3v) is 4.64. The molecule has 0 N–H and O–H groups in total. The molecule has 3 aromatic rings. The van der Waals surface area contributed by atoms with Crippen molar-refractivity contribution in [3.8, 4) is 0 Å². The van der Waals surface area contributed by atoms with Gasteiger partial charge in [-0.1, -0.05) is 74.0 Å². The van der Waals surface area contributed by atoms with Crippen LogP contribution in [0.1, 0.15) is 52.6 Å². The molecule has 0 amide bonds. The summed E-state index contributed by atoms with van der Waals surface area (Å²) >= 11 is 0. The smallest absolute Gasteiger partial charge is 0.342 e. The van der Waals surface area contributed by atoms with Crippen LogP contribution in [-0.4, -0.2) is 15.7 Å². The van der Waals surface area contributed by atoms with E-state index in [0.717, 1.165) is 41.8 Å². The first-order valence-corrected chi connectivity index (χ1v) is 9.50. The highest BCUT2D eigenvalue weighted by atomic mass is 16.5. The molecular formula is C23H26N2O2. The zero-order valence-electron chi connectivity index (χ0n) is 16.0. The first-order valence-electron chi connectivity index (χ1n) is 9.50.